The third-order valence-electron chi connectivity index (χ3n) is 2.77. The summed E-state index contributed by atoms with van der Waals surface area (Å²) in [5.74, 6) is 0.424. The second-order valence-corrected chi connectivity index (χ2v) is 3.70. The molecule has 2 atom stereocenters. The molecule has 2 rings (SSSR count). The van der Waals surface area contributed by atoms with Crippen molar-refractivity contribution in [3.8, 4) is 0 Å². The lowest BCUT2D eigenvalue weighted by Crippen LogP contribution is -2.45. The number of rotatable bonds is 1. The van der Waals surface area contributed by atoms with Crippen molar-refractivity contribution < 1.29 is 9.53 Å². The first-order valence-corrected chi connectivity index (χ1v) is 5.09. The number of nitrogens with zero attached hydrogens (tertiary/aromatic N) is 3. The van der Waals surface area contributed by atoms with Gasteiger partial charge in [-0.3, -0.25) is 0 Å². The Morgan fingerprint density at radius 2 is 2.50 bits per heavy atom. The lowest BCUT2D eigenvalue weighted by Gasteiger charge is -2.32. The van der Waals surface area contributed by atoms with Crippen LogP contribution in [0, 0.1) is 5.92 Å². The number of amides is 1. The lowest BCUT2D eigenvalue weighted by molar-refractivity contribution is 0.0879. The Hall–Kier alpha value is -1.13. The smallest absolute Gasteiger partial charge is 0.409 e. The first-order chi connectivity index (χ1) is 6.81. The number of carbonyl (C=O) groups is 1. The molecule has 2 aliphatic rings. The summed E-state index contributed by atoms with van der Waals surface area (Å²) in [5.41, 5.74) is 0. The van der Waals surface area contributed by atoms with E-state index in [9.17, 15) is 4.79 Å². The first-order valence-electron chi connectivity index (χ1n) is 5.09. The minimum Gasteiger partial charge on any atom is -0.450 e. The van der Waals surface area contributed by atoms with E-state index in [2.05, 4.69) is 10.2 Å². The molecular weight excluding hydrogens is 182 g/mol. The van der Waals surface area contributed by atoms with Crippen molar-refractivity contribution >= 4 is 6.09 Å². The van der Waals surface area contributed by atoms with E-state index in [1.165, 1.54) is 0 Å². The largest absolute Gasteiger partial charge is 0.450 e. The summed E-state index contributed by atoms with van der Waals surface area (Å²) >= 11 is 0. The Morgan fingerprint density at radius 1 is 1.64 bits per heavy atom. The Balaban J connectivity index is 1.89. The standard InChI is InChI=1S/C9H15N3O2/c1-2-14-9(13)12-4-3-8-7(6-12)5-10-11-8/h7-8H,2-6H2,1H3. The average molecular weight is 197 g/mol. The summed E-state index contributed by atoms with van der Waals surface area (Å²) in [7, 11) is 0. The van der Waals surface area contributed by atoms with Gasteiger partial charge in [0.1, 0.15) is 0 Å². The van der Waals surface area contributed by atoms with E-state index < -0.39 is 0 Å². The van der Waals surface area contributed by atoms with Crippen molar-refractivity contribution in [1.29, 1.82) is 0 Å². The molecule has 0 saturated carbocycles. The zero-order chi connectivity index (χ0) is 9.97. The fraction of sp³-hybridized carbons (Fsp3) is 0.889. The van der Waals surface area contributed by atoms with Crippen LogP contribution in [0.15, 0.2) is 10.2 Å². The monoisotopic (exact) mass is 197 g/mol. The molecule has 5 nitrogen and oxygen atoms in total. The van der Waals surface area contributed by atoms with Crippen LogP contribution >= 0.6 is 0 Å². The van der Waals surface area contributed by atoms with Crippen LogP contribution in [0.3, 0.4) is 0 Å². The zero-order valence-electron chi connectivity index (χ0n) is 8.35. The van der Waals surface area contributed by atoms with Gasteiger partial charge in [0, 0.05) is 19.0 Å². The Kier molecular flexibility index (Phi) is 2.65. The maximum Gasteiger partial charge on any atom is 0.409 e. The molecule has 0 aromatic carbocycles. The van der Waals surface area contributed by atoms with Gasteiger partial charge in [0.25, 0.3) is 0 Å². The lowest BCUT2D eigenvalue weighted by atomic mass is 9.94. The second kappa shape index (κ2) is 3.94. The van der Waals surface area contributed by atoms with E-state index in [1.807, 2.05) is 6.92 Å². The number of azo groups is 1. The predicted octanol–water partition coefficient (Wildman–Crippen LogP) is 1.30. The number of piperidine rings is 1. The van der Waals surface area contributed by atoms with Gasteiger partial charge in [-0.25, -0.2) is 4.79 Å². The summed E-state index contributed by atoms with van der Waals surface area (Å²) in [6.07, 6.45) is 0.727. The molecule has 0 N–H and O–H groups in total. The zero-order valence-corrected chi connectivity index (χ0v) is 8.35. The Bertz CT molecular complexity index is 254. The maximum absolute atomic E-state index is 11.4. The van der Waals surface area contributed by atoms with Crippen molar-refractivity contribution in [2.24, 2.45) is 16.1 Å². The van der Waals surface area contributed by atoms with Gasteiger partial charge in [-0.15, -0.1) is 0 Å². The van der Waals surface area contributed by atoms with E-state index in [-0.39, 0.29) is 6.09 Å². The molecule has 1 fully saturated rings. The molecule has 1 amide bonds. The molecule has 0 radical (unpaired) electrons. The second-order valence-electron chi connectivity index (χ2n) is 3.70. The van der Waals surface area contributed by atoms with Gasteiger partial charge in [-0.1, -0.05) is 0 Å². The number of carbonyl (C=O) groups excluding carboxylic acids is 1. The van der Waals surface area contributed by atoms with Crippen LogP contribution in [0.5, 0.6) is 0 Å². The highest BCUT2D eigenvalue weighted by Gasteiger charge is 2.34. The van der Waals surface area contributed by atoms with Crippen molar-refractivity contribution in [2.75, 3.05) is 26.2 Å². The Morgan fingerprint density at radius 3 is 3.29 bits per heavy atom. The highest BCUT2D eigenvalue weighted by Crippen LogP contribution is 2.25. The molecule has 0 bridgehead atoms. The normalized spacial score (nSPS) is 30.2. The SMILES string of the molecule is CCOC(=O)N1CCC2N=NCC2C1. The van der Waals surface area contributed by atoms with Gasteiger partial charge in [-0.2, -0.15) is 10.2 Å². The number of fused-ring (bicyclic) bond motifs is 1. The van der Waals surface area contributed by atoms with E-state index in [1.54, 1.807) is 4.90 Å². The van der Waals surface area contributed by atoms with Crippen molar-refractivity contribution in [1.82, 2.24) is 4.90 Å². The van der Waals surface area contributed by atoms with Crippen LogP contribution in [0.4, 0.5) is 4.79 Å². The van der Waals surface area contributed by atoms with Crippen molar-refractivity contribution in [2.45, 2.75) is 19.4 Å². The highest BCUT2D eigenvalue weighted by molar-refractivity contribution is 5.67. The molecule has 14 heavy (non-hydrogen) atoms. The predicted molar refractivity (Wildman–Crippen MR) is 50.2 cm³/mol. The fourth-order valence-corrected chi connectivity index (χ4v) is 1.99. The summed E-state index contributed by atoms with van der Waals surface area (Å²) in [6, 6.07) is 0.348. The van der Waals surface area contributed by atoms with Crippen LogP contribution in [0.1, 0.15) is 13.3 Å². The minimum absolute atomic E-state index is 0.196. The molecule has 0 spiro atoms. The summed E-state index contributed by atoms with van der Waals surface area (Å²) in [5, 5.41) is 8.16. The number of hydrogen-bond donors (Lipinski definition) is 0. The van der Waals surface area contributed by atoms with Gasteiger partial charge in [0.2, 0.25) is 0 Å². The quantitative estimate of drug-likeness (QED) is 0.636. The molecule has 0 aromatic rings. The maximum atomic E-state index is 11.4. The van der Waals surface area contributed by atoms with Crippen molar-refractivity contribution in [3.05, 3.63) is 0 Å². The first kappa shape index (κ1) is 9.43. The molecule has 2 aliphatic heterocycles. The highest BCUT2D eigenvalue weighted by atomic mass is 16.6. The van der Waals surface area contributed by atoms with Crippen LogP contribution in [0.25, 0.3) is 0 Å². The fourth-order valence-electron chi connectivity index (χ4n) is 1.99. The van der Waals surface area contributed by atoms with Gasteiger partial charge in [0.15, 0.2) is 0 Å². The summed E-state index contributed by atoms with van der Waals surface area (Å²) in [4.78, 5) is 13.2. The van der Waals surface area contributed by atoms with Gasteiger partial charge >= 0.3 is 6.09 Å². The minimum atomic E-state index is -0.196. The molecule has 2 heterocycles. The van der Waals surface area contributed by atoms with Crippen molar-refractivity contribution in [3.63, 3.8) is 0 Å². The van der Waals surface area contributed by atoms with Crippen LogP contribution in [-0.2, 0) is 4.74 Å². The van der Waals surface area contributed by atoms with Crippen LogP contribution in [0.2, 0.25) is 0 Å². The van der Waals surface area contributed by atoms with Crippen LogP contribution < -0.4 is 0 Å². The molecule has 0 aliphatic carbocycles. The van der Waals surface area contributed by atoms with Gasteiger partial charge in [-0.05, 0) is 13.3 Å². The summed E-state index contributed by atoms with van der Waals surface area (Å²) < 4.78 is 4.96. The van der Waals surface area contributed by atoms with E-state index in [0.29, 0.717) is 18.6 Å². The number of hydrogen-bond acceptors (Lipinski definition) is 4. The summed E-state index contributed by atoms with van der Waals surface area (Å²) in [6.45, 7) is 4.53. The molecule has 5 heteroatoms. The molecule has 0 aromatic heterocycles. The van der Waals surface area contributed by atoms with Crippen LogP contribution in [-0.4, -0.2) is 43.3 Å². The average Bonchev–Trinajstić information content (AvgIpc) is 2.64. The van der Waals surface area contributed by atoms with E-state index in [0.717, 1.165) is 26.1 Å². The molecule has 78 valence electrons. The third-order valence-corrected chi connectivity index (χ3v) is 2.77. The molecule has 2 unspecified atom stereocenters. The van der Waals surface area contributed by atoms with Gasteiger partial charge < -0.3 is 9.64 Å². The number of ether oxygens (including phenoxy) is 1. The molecule has 1 saturated heterocycles. The third kappa shape index (κ3) is 1.71. The van der Waals surface area contributed by atoms with E-state index in [4.69, 9.17) is 4.74 Å². The topological polar surface area (TPSA) is 54.3 Å². The number of likely N-dealkylation sites (tertiary alicyclic amines) is 1. The Labute approximate surface area is 83.1 Å². The van der Waals surface area contributed by atoms with Gasteiger partial charge in [0.05, 0.1) is 19.2 Å². The molecular formula is C9H15N3O2. The van der Waals surface area contributed by atoms with E-state index >= 15 is 0 Å².